The minimum Gasteiger partial charge on any atom is -0.462 e. The van der Waals surface area contributed by atoms with E-state index in [9.17, 15) is 14.9 Å². The zero-order valence-corrected chi connectivity index (χ0v) is 10.8. The fraction of sp³-hybridized carbons (Fsp3) is 0.154. The van der Waals surface area contributed by atoms with Gasteiger partial charge in [0.05, 0.1) is 17.1 Å². The molecule has 1 aromatic heterocycles. The zero-order valence-electron chi connectivity index (χ0n) is 9.94. The monoisotopic (exact) mass is 277 g/mol. The molecule has 0 atom stereocenters. The van der Waals surface area contributed by atoms with Gasteiger partial charge in [-0.3, -0.25) is 10.1 Å². The van der Waals surface area contributed by atoms with Crippen molar-refractivity contribution in [3.05, 3.63) is 62.3 Å². The molecule has 0 unspecified atom stereocenters. The van der Waals surface area contributed by atoms with Gasteiger partial charge in [-0.1, -0.05) is 6.07 Å². The van der Waals surface area contributed by atoms with Crippen molar-refractivity contribution in [3.8, 4) is 0 Å². The minimum atomic E-state index is -0.508. The molecule has 19 heavy (non-hydrogen) atoms. The van der Waals surface area contributed by atoms with Crippen molar-refractivity contribution in [3.63, 3.8) is 0 Å². The molecule has 1 heterocycles. The maximum atomic E-state index is 11.7. The van der Waals surface area contributed by atoms with Gasteiger partial charge in [0, 0.05) is 23.4 Å². The van der Waals surface area contributed by atoms with Crippen LogP contribution in [0.2, 0.25) is 0 Å². The molecule has 98 valence electrons. The van der Waals surface area contributed by atoms with Crippen LogP contribution in [0, 0.1) is 10.1 Å². The highest BCUT2D eigenvalue weighted by Crippen LogP contribution is 2.13. The van der Waals surface area contributed by atoms with E-state index in [1.807, 2.05) is 17.5 Å². The highest BCUT2D eigenvalue weighted by Gasteiger charge is 2.10. The smallest absolute Gasteiger partial charge is 0.338 e. The molecule has 6 heteroatoms. The lowest BCUT2D eigenvalue weighted by Gasteiger charge is -2.03. The third kappa shape index (κ3) is 3.62. The second kappa shape index (κ2) is 6.10. The Morgan fingerprint density at radius 1 is 1.26 bits per heavy atom. The van der Waals surface area contributed by atoms with Gasteiger partial charge in [-0.05, 0) is 23.6 Å². The Labute approximate surface area is 113 Å². The first-order valence-corrected chi connectivity index (χ1v) is 6.49. The molecule has 0 amide bonds. The van der Waals surface area contributed by atoms with E-state index in [4.69, 9.17) is 4.74 Å². The zero-order chi connectivity index (χ0) is 13.7. The van der Waals surface area contributed by atoms with Gasteiger partial charge in [0.25, 0.3) is 5.69 Å². The van der Waals surface area contributed by atoms with Crippen molar-refractivity contribution >= 4 is 23.0 Å². The largest absolute Gasteiger partial charge is 0.462 e. The van der Waals surface area contributed by atoms with Crippen molar-refractivity contribution < 1.29 is 14.5 Å². The fourth-order valence-corrected chi connectivity index (χ4v) is 2.19. The van der Waals surface area contributed by atoms with Gasteiger partial charge < -0.3 is 4.74 Å². The summed E-state index contributed by atoms with van der Waals surface area (Å²) >= 11 is 1.61. The van der Waals surface area contributed by atoms with E-state index in [1.54, 1.807) is 11.3 Å². The van der Waals surface area contributed by atoms with E-state index >= 15 is 0 Å². The highest BCUT2D eigenvalue weighted by atomic mass is 32.1. The number of ether oxygens (including phenoxy) is 1. The Morgan fingerprint density at radius 2 is 2.00 bits per heavy atom. The van der Waals surface area contributed by atoms with Crippen molar-refractivity contribution in [2.75, 3.05) is 6.61 Å². The van der Waals surface area contributed by atoms with E-state index in [0.29, 0.717) is 18.6 Å². The van der Waals surface area contributed by atoms with Crippen LogP contribution in [0.25, 0.3) is 0 Å². The maximum Gasteiger partial charge on any atom is 0.338 e. The number of rotatable bonds is 5. The Hall–Kier alpha value is -2.21. The van der Waals surface area contributed by atoms with Crippen molar-refractivity contribution in [2.24, 2.45) is 0 Å². The minimum absolute atomic E-state index is 0.0462. The summed E-state index contributed by atoms with van der Waals surface area (Å²) in [6, 6.07) is 9.28. The molecule has 2 aromatic rings. The molecular formula is C13H11NO4S. The third-order valence-electron chi connectivity index (χ3n) is 2.48. The summed E-state index contributed by atoms with van der Waals surface area (Å²) in [5, 5.41) is 12.4. The van der Waals surface area contributed by atoms with Crippen LogP contribution in [0.4, 0.5) is 5.69 Å². The summed E-state index contributed by atoms with van der Waals surface area (Å²) < 4.78 is 5.10. The Balaban J connectivity index is 1.87. The number of carbonyl (C=O) groups excluding carboxylic acids is 1. The average molecular weight is 277 g/mol. The predicted octanol–water partition coefficient (Wildman–Crippen LogP) is 3.06. The van der Waals surface area contributed by atoms with Crippen LogP contribution in [0.3, 0.4) is 0 Å². The summed E-state index contributed by atoms with van der Waals surface area (Å²) in [6.45, 7) is 0.302. The van der Waals surface area contributed by atoms with E-state index in [0.717, 1.165) is 4.88 Å². The second-order valence-electron chi connectivity index (χ2n) is 3.77. The van der Waals surface area contributed by atoms with E-state index in [-0.39, 0.29) is 5.69 Å². The summed E-state index contributed by atoms with van der Waals surface area (Å²) in [5.74, 6) is -0.466. The molecule has 0 saturated heterocycles. The Morgan fingerprint density at radius 3 is 2.58 bits per heavy atom. The first-order valence-electron chi connectivity index (χ1n) is 5.61. The number of non-ortho nitro benzene ring substituents is 1. The first kappa shape index (κ1) is 13.2. The van der Waals surface area contributed by atoms with Crippen LogP contribution in [0.15, 0.2) is 41.8 Å². The highest BCUT2D eigenvalue weighted by molar-refractivity contribution is 7.09. The van der Waals surface area contributed by atoms with Crippen molar-refractivity contribution in [1.82, 2.24) is 0 Å². The average Bonchev–Trinajstić information content (AvgIpc) is 2.92. The van der Waals surface area contributed by atoms with Gasteiger partial charge in [-0.25, -0.2) is 4.79 Å². The number of hydrogen-bond acceptors (Lipinski definition) is 5. The van der Waals surface area contributed by atoms with Gasteiger partial charge in [-0.15, -0.1) is 11.3 Å². The molecule has 2 rings (SSSR count). The quantitative estimate of drug-likeness (QED) is 0.478. The number of nitro benzene ring substituents is 1. The van der Waals surface area contributed by atoms with Crippen LogP contribution >= 0.6 is 11.3 Å². The third-order valence-corrected chi connectivity index (χ3v) is 3.41. The predicted molar refractivity (Wildman–Crippen MR) is 71.4 cm³/mol. The summed E-state index contributed by atoms with van der Waals surface area (Å²) in [5.41, 5.74) is 0.270. The molecule has 0 fully saturated rings. The standard InChI is InChI=1S/C13H11NO4S/c15-13(18-8-7-12-2-1-9-19-12)10-3-5-11(6-4-10)14(16)17/h1-6,9H,7-8H2. The Kier molecular flexibility index (Phi) is 4.25. The number of benzene rings is 1. The normalized spacial score (nSPS) is 10.1. The van der Waals surface area contributed by atoms with Gasteiger partial charge in [0.15, 0.2) is 0 Å². The molecule has 0 aliphatic carbocycles. The number of thiophene rings is 1. The van der Waals surface area contributed by atoms with Gasteiger partial charge in [0.2, 0.25) is 0 Å². The lowest BCUT2D eigenvalue weighted by molar-refractivity contribution is -0.384. The fourth-order valence-electron chi connectivity index (χ4n) is 1.50. The second-order valence-corrected chi connectivity index (χ2v) is 4.80. The van der Waals surface area contributed by atoms with Crippen molar-refractivity contribution in [2.45, 2.75) is 6.42 Å². The van der Waals surface area contributed by atoms with Gasteiger partial charge in [0.1, 0.15) is 0 Å². The van der Waals surface area contributed by atoms with Gasteiger partial charge >= 0.3 is 5.97 Å². The number of nitro groups is 1. The molecule has 1 aromatic carbocycles. The molecule has 5 nitrogen and oxygen atoms in total. The molecule has 0 aliphatic heterocycles. The topological polar surface area (TPSA) is 69.4 Å². The lowest BCUT2D eigenvalue weighted by Crippen LogP contribution is -2.07. The molecule has 0 bridgehead atoms. The van der Waals surface area contributed by atoms with Crippen molar-refractivity contribution in [1.29, 1.82) is 0 Å². The number of carbonyl (C=O) groups is 1. The van der Waals surface area contributed by atoms with E-state index in [2.05, 4.69) is 0 Å². The SMILES string of the molecule is O=C(OCCc1cccs1)c1ccc([N+](=O)[O-])cc1. The van der Waals surface area contributed by atoms with E-state index < -0.39 is 10.9 Å². The van der Waals surface area contributed by atoms with E-state index in [1.165, 1.54) is 24.3 Å². The van der Waals surface area contributed by atoms with Crippen LogP contribution in [0.1, 0.15) is 15.2 Å². The number of esters is 1. The lowest BCUT2D eigenvalue weighted by atomic mass is 10.2. The Bertz CT molecular complexity index is 563. The summed E-state index contributed by atoms with van der Waals surface area (Å²) in [4.78, 5) is 22.8. The molecule has 0 saturated carbocycles. The molecule has 0 spiro atoms. The molecular weight excluding hydrogens is 266 g/mol. The van der Waals surface area contributed by atoms with Gasteiger partial charge in [-0.2, -0.15) is 0 Å². The number of nitrogens with zero attached hydrogens (tertiary/aromatic N) is 1. The summed E-state index contributed by atoms with van der Waals surface area (Å²) in [7, 11) is 0. The van der Waals surface area contributed by atoms with Crippen LogP contribution in [-0.2, 0) is 11.2 Å². The molecule has 0 aliphatic rings. The maximum absolute atomic E-state index is 11.7. The first-order chi connectivity index (χ1) is 9.16. The summed E-state index contributed by atoms with van der Waals surface area (Å²) in [6.07, 6.45) is 0.677. The van der Waals surface area contributed by atoms with Crippen LogP contribution in [0.5, 0.6) is 0 Å². The van der Waals surface area contributed by atoms with Crippen LogP contribution < -0.4 is 0 Å². The van der Waals surface area contributed by atoms with Crippen LogP contribution in [-0.4, -0.2) is 17.5 Å². The number of hydrogen-bond donors (Lipinski definition) is 0. The molecule has 0 radical (unpaired) electrons. The molecule has 0 N–H and O–H groups in total.